The van der Waals surface area contributed by atoms with E-state index in [1.54, 1.807) is 0 Å². The number of amides is 4. The Morgan fingerprint density at radius 3 is 1.45 bits per heavy atom. The first kappa shape index (κ1) is 28.2. The highest BCUT2D eigenvalue weighted by atomic mass is 16.6. The lowest BCUT2D eigenvalue weighted by atomic mass is 9.80. The van der Waals surface area contributed by atoms with Crippen LogP contribution < -0.4 is 0 Å². The Kier molecular flexibility index (Phi) is 8.78. The van der Waals surface area contributed by atoms with Gasteiger partial charge in [-0.3, -0.25) is 38.6 Å². The van der Waals surface area contributed by atoms with Crippen LogP contribution in [0.1, 0.15) is 57.8 Å². The molecule has 2 aliphatic carbocycles. The molecule has 4 amide bonds. The SMILES string of the molecule is O=C(CCCCCN1C(=O)C=CC1=O)OCC1C2CC(C3OC23)[C@@H]1COC(=O)CCCCCN1C(=O)C=CC1=O. The fourth-order valence-electron chi connectivity index (χ4n) is 6.63. The number of epoxide rings is 1. The number of esters is 2. The van der Waals surface area contributed by atoms with Gasteiger partial charge in [-0.05, 0) is 43.9 Å². The summed E-state index contributed by atoms with van der Waals surface area (Å²) in [5, 5.41) is 0. The lowest BCUT2D eigenvalue weighted by Crippen LogP contribution is -2.35. The smallest absolute Gasteiger partial charge is 0.305 e. The van der Waals surface area contributed by atoms with Gasteiger partial charge in [0.05, 0.1) is 25.4 Å². The van der Waals surface area contributed by atoms with Crippen LogP contribution in [0.25, 0.3) is 0 Å². The Balaban J connectivity index is 0.958. The highest BCUT2D eigenvalue weighted by Gasteiger charge is 2.67. The fourth-order valence-corrected chi connectivity index (χ4v) is 6.63. The van der Waals surface area contributed by atoms with E-state index in [0.717, 1.165) is 6.42 Å². The number of hydrogen-bond acceptors (Lipinski definition) is 9. The van der Waals surface area contributed by atoms with Gasteiger partial charge in [0.1, 0.15) is 0 Å². The highest BCUT2D eigenvalue weighted by molar-refractivity contribution is 6.13. The van der Waals surface area contributed by atoms with Crippen molar-refractivity contribution in [3.63, 3.8) is 0 Å². The molecular formula is C29H36N2O9. The van der Waals surface area contributed by atoms with E-state index in [0.29, 0.717) is 76.7 Å². The number of carbonyl (C=O) groups excluding carboxylic acids is 6. The predicted molar refractivity (Wildman–Crippen MR) is 138 cm³/mol. The van der Waals surface area contributed by atoms with Gasteiger partial charge in [-0.2, -0.15) is 0 Å². The molecule has 5 aliphatic rings. The summed E-state index contributed by atoms with van der Waals surface area (Å²) in [6.07, 6.45) is 11.0. The van der Waals surface area contributed by atoms with Crippen molar-refractivity contribution in [2.45, 2.75) is 70.0 Å². The van der Waals surface area contributed by atoms with Gasteiger partial charge in [0, 0.05) is 62.1 Å². The normalized spacial score (nSPS) is 29.6. The maximum absolute atomic E-state index is 12.4. The largest absolute Gasteiger partial charge is 0.465 e. The standard InChI is InChI=1S/C29H36N2O9/c32-22-9-10-23(33)30(22)13-5-1-3-7-26(36)38-16-20-18-15-19(29-28(18)40-29)21(20)17-39-27(37)8-4-2-6-14-31-24(34)11-12-25(31)35/h9-12,18-21,28-29H,1-8,13-17H2/t18?,19?,20-,21?,28?,29?/m0/s1. The van der Waals surface area contributed by atoms with E-state index in [1.165, 1.54) is 34.1 Å². The van der Waals surface area contributed by atoms with Gasteiger partial charge in [-0.15, -0.1) is 0 Å². The van der Waals surface area contributed by atoms with Crippen molar-refractivity contribution in [3.8, 4) is 0 Å². The van der Waals surface area contributed by atoms with Crippen molar-refractivity contribution in [2.75, 3.05) is 26.3 Å². The number of unbranched alkanes of at least 4 members (excludes halogenated alkanes) is 4. The molecule has 40 heavy (non-hydrogen) atoms. The molecule has 0 N–H and O–H groups in total. The fraction of sp³-hybridized carbons (Fsp3) is 0.655. The summed E-state index contributed by atoms with van der Waals surface area (Å²) in [7, 11) is 0. The highest BCUT2D eigenvalue weighted by Crippen LogP contribution is 2.61. The van der Waals surface area contributed by atoms with E-state index in [4.69, 9.17) is 14.2 Å². The van der Waals surface area contributed by atoms with E-state index in [1.807, 2.05) is 0 Å². The molecular weight excluding hydrogens is 520 g/mol. The molecule has 5 unspecified atom stereocenters. The molecule has 216 valence electrons. The summed E-state index contributed by atoms with van der Waals surface area (Å²) < 4.78 is 17.1. The maximum atomic E-state index is 12.4. The molecule has 0 aromatic rings. The minimum atomic E-state index is -0.291. The van der Waals surface area contributed by atoms with Crippen molar-refractivity contribution in [1.82, 2.24) is 9.80 Å². The minimum absolute atomic E-state index is 0.106. The summed E-state index contributed by atoms with van der Waals surface area (Å²) in [6, 6.07) is 0. The van der Waals surface area contributed by atoms with Gasteiger partial charge in [0.15, 0.2) is 0 Å². The third kappa shape index (κ3) is 6.35. The van der Waals surface area contributed by atoms with Gasteiger partial charge in [0.25, 0.3) is 23.6 Å². The number of rotatable bonds is 16. The van der Waals surface area contributed by atoms with Gasteiger partial charge < -0.3 is 14.2 Å². The van der Waals surface area contributed by atoms with E-state index in [2.05, 4.69) is 0 Å². The second-order valence-electron chi connectivity index (χ2n) is 11.3. The monoisotopic (exact) mass is 556 g/mol. The Labute approximate surface area is 232 Å². The van der Waals surface area contributed by atoms with Crippen LogP contribution >= 0.6 is 0 Å². The van der Waals surface area contributed by atoms with Crippen molar-refractivity contribution < 1.29 is 43.0 Å². The van der Waals surface area contributed by atoms with Gasteiger partial charge in [-0.1, -0.05) is 12.8 Å². The molecule has 2 saturated carbocycles. The van der Waals surface area contributed by atoms with Crippen molar-refractivity contribution in [1.29, 1.82) is 0 Å². The van der Waals surface area contributed by atoms with Gasteiger partial charge >= 0.3 is 11.9 Å². The lowest BCUT2D eigenvalue weighted by molar-refractivity contribution is -0.150. The molecule has 3 fully saturated rings. The molecule has 3 heterocycles. The Morgan fingerprint density at radius 1 is 0.650 bits per heavy atom. The molecule has 2 bridgehead atoms. The van der Waals surface area contributed by atoms with Crippen LogP contribution in [0, 0.1) is 23.7 Å². The third-order valence-corrected chi connectivity index (χ3v) is 8.80. The quantitative estimate of drug-likeness (QED) is 0.120. The van der Waals surface area contributed by atoms with Gasteiger partial charge in [0.2, 0.25) is 0 Å². The van der Waals surface area contributed by atoms with E-state index >= 15 is 0 Å². The third-order valence-electron chi connectivity index (χ3n) is 8.80. The predicted octanol–water partition coefficient (Wildman–Crippen LogP) is 1.69. The van der Waals surface area contributed by atoms with Crippen molar-refractivity contribution >= 4 is 35.6 Å². The van der Waals surface area contributed by atoms with E-state index in [-0.39, 0.29) is 72.5 Å². The maximum Gasteiger partial charge on any atom is 0.305 e. The lowest BCUT2D eigenvalue weighted by Gasteiger charge is -2.28. The molecule has 5 rings (SSSR count). The molecule has 0 aromatic heterocycles. The number of imide groups is 2. The van der Waals surface area contributed by atoms with Crippen LogP contribution in [0.4, 0.5) is 0 Å². The topological polar surface area (TPSA) is 140 Å². The first-order valence-corrected chi connectivity index (χ1v) is 14.4. The molecule has 0 spiro atoms. The van der Waals surface area contributed by atoms with Crippen molar-refractivity contribution in [2.24, 2.45) is 23.7 Å². The first-order chi connectivity index (χ1) is 19.3. The molecule has 11 heteroatoms. The first-order valence-electron chi connectivity index (χ1n) is 14.4. The molecule has 11 nitrogen and oxygen atoms in total. The molecule has 6 atom stereocenters. The zero-order chi connectivity index (χ0) is 28.2. The molecule has 0 aromatic carbocycles. The minimum Gasteiger partial charge on any atom is -0.465 e. The number of hydrogen-bond donors (Lipinski definition) is 0. The summed E-state index contributed by atoms with van der Waals surface area (Å²) in [5.41, 5.74) is 0. The Bertz CT molecular complexity index is 995. The van der Waals surface area contributed by atoms with Crippen LogP contribution in [0.15, 0.2) is 24.3 Å². The average Bonchev–Trinajstić information content (AvgIpc) is 3.23. The summed E-state index contributed by atoms with van der Waals surface area (Å²) in [5.74, 6) is -0.848. The van der Waals surface area contributed by atoms with Crippen LogP contribution in [0.3, 0.4) is 0 Å². The zero-order valence-electron chi connectivity index (χ0n) is 22.5. The number of ether oxygens (including phenoxy) is 3. The summed E-state index contributed by atoms with van der Waals surface area (Å²) in [6.45, 7) is 1.29. The summed E-state index contributed by atoms with van der Waals surface area (Å²) >= 11 is 0. The average molecular weight is 557 g/mol. The number of fused-ring (bicyclic) bond motifs is 5. The second kappa shape index (κ2) is 12.4. The van der Waals surface area contributed by atoms with Crippen LogP contribution in [-0.2, 0) is 43.0 Å². The summed E-state index contributed by atoms with van der Waals surface area (Å²) in [4.78, 5) is 73.4. The molecule has 3 aliphatic heterocycles. The van der Waals surface area contributed by atoms with Crippen LogP contribution in [-0.4, -0.2) is 83.9 Å². The Morgan fingerprint density at radius 2 is 1.05 bits per heavy atom. The van der Waals surface area contributed by atoms with Crippen molar-refractivity contribution in [3.05, 3.63) is 24.3 Å². The number of carbonyl (C=O) groups is 6. The van der Waals surface area contributed by atoms with Crippen LogP contribution in [0.2, 0.25) is 0 Å². The van der Waals surface area contributed by atoms with E-state index < -0.39 is 0 Å². The van der Waals surface area contributed by atoms with Crippen LogP contribution in [0.5, 0.6) is 0 Å². The Hall–Kier alpha value is -3.34. The second-order valence-corrected chi connectivity index (χ2v) is 11.3. The van der Waals surface area contributed by atoms with Gasteiger partial charge in [-0.25, -0.2) is 0 Å². The zero-order valence-corrected chi connectivity index (χ0v) is 22.5. The van der Waals surface area contributed by atoms with E-state index in [9.17, 15) is 28.8 Å². The molecule has 1 saturated heterocycles. The number of nitrogens with zero attached hydrogens (tertiary/aromatic N) is 2. The molecule has 0 radical (unpaired) electrons.